The topological polar surface area (TPSA) is 72.5 Å². The first kappa shape index (κ1) is 18.5. The molecule has 1 aromatic heterocycles. The summed E-state index contributed by atoms with van der Waals surface area (Å²) in [5.41, 5.74) is 1.86. The van der Waals surface area contributed by atoms with Gasteiger partial charge in [0.15, 0.2) is 0 Å². The summed E-state index contributed by atoms with van der Waals surface area (Å²) in [4.78, 5) is 16.5. The molecule has 3 rings (SSSR count). The van der Waals surface area contributed by atoms with Gasteiger partial charge in [0.1, 0.15) is 17.3 Å². The molecule has 138 valence electrons. The summed E-state index contributed by atoms with van der Waals surface area (Å²) in [6, 6.07) is 15.6. The number of pyridine rings is 1. The summed E-state index contributed by atoms with van der Waals surface area (Å²) in [5.74, 6) is 1.72. The quantitative estimate of drug-likeness (QED) is 0.642. The van der Waals surface area contributed by atoms with Crippen molar-refractivity contribution in [1.29, 1.82) is 0 Å². The van der Waals surface area contributed by atoms with Crippen LogP contribution in [0.5, 0.6) is 11.5 Å². The van der Waals surface area contributed by atoms with Crippen LogP contribution in [0.15, 0.2) is 60.8 Å². The number of benzene rings is 2. The van der Waals surface area contributed by atoms with Gasteiger partial charge in [-0.1, -0.05) is 11.6 Å². The van der Waals surface area contributed by atoms with E-state index in [0.29, 0.717) is 33.6 Å². The van der Waals surface area contributed by atoms with Crippen molar-refractivity contribution in [3.05, 3.63) is 71.4 Å². The van der Waals surface area contributed by atoms with Gasteiger partial charge in [0.2, 0.25) is 0 Å². The molecule has 0 aliphatic rings. The average Bonchev–Trinajstić information content (AvgIpc) is 2.70. The van der Waals surface area contributed by atoms with Crippen molar-refractivity contribution in [2.24, 2.45) is 0 Å². The lowest BCUT2D eigenvalue weighted by Crippen LogP contribution is -2.11. The lowest BCUT2D eigenvalue weighted by molar-refractivity contribution is 0.102. The number of rotatable bonds is 6. The Morgan fingerprint density at radius 3 is 2.41 bits per heavy atom. The number of anilines is 3. The van der Waals surface area contributed by atoms with Crippen LogP contribution in [0.3, 0.4) is 0 Å². The molecule has 0 aliphatic carbocycles. The van der Waals surface area contributed by atoms with E-state index in [2.05, 4.69) is 15.6 Å². The number of nitrogens with zero attached hydrogens (tertiary/aromatic N) is 1. The predicted molar refractivity (Wildman–Crippen MR) is 106 cm³/mol. The molecule has 0 saturated carbocycles. The third-order valence-electron chi connectivity index (χ3n) is 3.80. The zero-order valence-electron chi connectivity index (χ0n) is 14.8. The second kappa shape index (κ2) is 8.42. The number of halogens is 1. The van der Waals surface area contributed by atoms with Gasteiger partial charge < -0.3 is 20.1 Å². The highest BCUT2D eigenvalue weighted by atomic mass is 35.5. The van der Waals surface area contributed by atoms with Crippen molar-refractivity contribution < 1.29 is 14.3 Å². The second-order valence-corrected chi connectivity index (χ2v) is 6.02. The normalized spacial score (nSPS) is 10.2. The van der Waals surface area contributed by atoms with E-state index >= 15 is 0 Å². The van der Waals surface area contributed by atoms with E-state index in [1.807, 2.05) is 12.1 Å². The first-order chi connectivity index (χ1) is 13.1. The monoisotopic (exact) mass is 383 g/mol. The first-order valence-electron chi connectivity index (χ1n) is 8.11. The largest absolute Gasteiger partial charge is 0.497 e. The van der Waals surface area contributed by atoms with Gasteiger partial charge in [0.25, 0.3) is 5.91 Å². The Morgan fingerprint density at radius 1 is 1.00 bits per heavy atom. The molecule has 2 N–H and O–H groups in total. The molecular formula is C20H18ClN3O3. The Kier molecular flexibility index (Phi) is 5.78. The van der Waals surface area contributed by atoms with Crippen LogP contribution in [0.25, 0.3) is 0 Å². The minimum atomic E-state index is -0.231. The fourth-order valence-electron chi connectivity index (χ4n) is 2.39. The maximum Gasteiger partial charge on any atom is 0.255 e. The molecule has 0 saturated heterocycles. The standard InChI is InChI=1S/C20H18ClN3O3/c1-26-16-8-9-17(18(11-16)27-2)24-19-10-7-15(12-22-19)23-20(25)13-3-5-14(21)6-4-13/h3-12H,1-2H3,(H,22,24)(H,23,25). The van der Waals surface area contributed by atoms with Crippen molar-refractivity contribution in [3.8, 4) is 11.5 Å². The Labute approximate surface area is 162 Å². The van der Waals surface area contributed by atoms with Crippen LogP contribution in [0.2, 0.25) is 5.02 Å². The Bertz CT molecular complexity index is 928. The average molecular weight is 384 g/mol. The van der Waals surface area contributed by atoms with Crippen molar-refractivity contribution in [2.75, 3.05) is 24.9 Å². The minimum absolute atomic E-state index is 0.231. The lowest BCUT2D eigenvalue weighted by atomic mass is 10.2. The second-order valence-electron chi connectivity index (χ2n) is 5.58. The minimum Gasteiger partial charge on any atom is -0.497 e. The third kappa shape index (κ3) is 4.68. The van der Waals surface area contributed by atoms with Gasteiger partial charge in [-0.05, 0) is 48.5 Å². The predicted octanol–water partition coefficient (Wildman–Crippen LogP) is 4.75. The van der Waals surface area contributed by atoms with Gasteiger partial charge >= 0.3 is 0 Å². The van der Waals surface area contributed by atoms with Crippen LogP contribution in [0, 0.1) is 0 Å². The number of ether oxygens (including phenoxy) is 2. The molecule has 7 heteroatoms. The lowest BCUT2D eigenvalue weighted by Gasteiger charge is -2.12. The molecule has 2 aromatic carbocycles. The van der Waals surface area contributed by atoms with Gasteiger partial charge in [0, 0.05) is 16.7 Å². The van der Waals surface area contributed by atoms with E-state index < -0.39 is 0 Å². The molecule has 1 heterocycles. The molecule has 0 atom stereocenters. The number of hydrogen-bond donors (Lipinski definition) is 2. The molecular weight excluding hydrogens is 366 g/mol. The summed E-state index contributed by atoms with van der Waals surface area (Å²) in [6.45, 7) is 0. The zero-order valence-corrected chi connectivity index (χ0v) is 15.6. The SMILES string of the molecule is COc1ccc(Nc2ccc(NC(=O)c3ccc(Cl)cc3)cn2)c(OC)c1. The molecule has 27 heavy (non-hydrogen) atoms. The Hall–Kier alpha value is -3.25. The van der Waals surface area contributed by atoms with Gasteiger partial charge in [0.05, 0.1) is 31.8 Å². The number of hydrogen-bond acceptors (Lipinski definition) is 5. The zero-order chi connectivity index (χ0) is 19.2. The highest BCUT2D eigenvalue weighted by Crippen LogP contribution is 2.31. The van der Waals surface area contributed by atoms with E-state index in [4.69, 9.17) is 21.1 Å². The van der Waals surface area contributed by atoms with Gasteiger partial charge in [-0.3, -0.25) is 4.79 Å². The van der Waals surface area contributed by atoms with E-state index in [1.54, 1.807) is 62.9 Å². The van der Waals surface area contributed by atoms with Crippen LogP contribution in [-0.4, -0.2) is 25.1 Å². The number of methoxy groups -OCH3 is 2. The molecule has 0 aliphatic heterocycles. The third-order valence-corrected chi connectivity index (χ3v) is 4.05. The van der Waals surface area contributed by atoms with Crippen LogP contribution in [-0.2, 0) is 0 Å². The van der Waals surface area contributed by atoms with Crippen molar-refractivity contribution in [1.82, 2.24) is 4.98 Å². The molecule has 3 aromatic rings. The van der Waals surface area contributed by atoms with Crippen molar-refractivity contribution >= 4 is 34.7 Å². The summed E-state index contributed by atoms with van der Waals surface area (Å²) in [7, 11) is 3.18. The summed E-state index contributed by atoms with van der Waals surface area (Å²) in [6.07, 6.45) is 1.58. The molecule has 0 radical (unpaired) electrons. The molecule has 0 spiro atoms. The molecule has 0 fully saturated rings. The van der Waals surface area contributed by atoms with E-state index in [9.17, 15) is 4.79 Å². The van der Waals surface area contributed by atoms with Crippen LogP contribution in [0.1, 0.15) is 10.4 Å². The summed E-state index contributed by atoms with van der Waals surface area (Å²) < 4.78 is 10.5. The fourth-order valence-corrected chi connectivity index (χ4v) is 2.51. The number of nitrogens with one attached hydrogen (secondary N) is 2. The number of carbonyl (C=O) groups is 1. The van der Waals surface area contributed by atoms with E-state index in [1.165, 1.54) is 0 Å². The van der Waals surface area contributed by atoms with Gasteiger partial charge in [-0.15, -0.1) is 0 Å². The number of aromatic nitrogens is 1. The molecule has 1 amide bonds. The summed E-state index contributed by atoms with van der Waals surface area (Å²) >= 11 is 5.83. The van der Waals surface area contributed by atoms with Crippen molar-refractivity contribution in [2.45, 2.75) is 0 Å². The highest BCUT2D eigenvalue weighted by molar-refractivity contribution is 6.30. The Balaban J connectivity index is 1.68. The molecule has 0 bridgehead atoms. The number of carbonyl (C=O) groups excluding carboxylic acids is 1. The smallest absolute Gasteiger partial charge is 0.255 e. The molecule has 6 nitrogen and oxygen atoms in total. The maximum atomic E-state index is 12.2. The van der Waals surface area contributed by atoms with Gasteiger partial charge in [-0.25, -0.2) is 4.98 Å². The maximum absolute atomic E-state index is 12.2. The molecule has 0 unspecified atom stereocenters. The fraction of sp³-hybridized carbons (Fsp3) is 0.100. The van der Waals surface area contributed by atoms with Crippen molar-refractivity contribution in [3.63, 3.8) is 0 Å². The van der Waals surface area contributed by atoms with E-state index in [-0.39, 0.29) is 5.91 Å². The van der Waals surface area contributed by atoms with Crippen LogP contribution < -0.4 is 20.1 Å². The van der Waals surface area contributed by atoms with E-state index in [0.717, 1.165) is 5.69 Å². The highest BCUT2D eigenvalue weighted by Gasteiger charge is 2.08. The first-order valence-corrected chi connectivity index (χ1v) is 8.49. The Morgan fingerprint density at radius 2 is 1.78 bits per heavy atom. The summed E-state index contributed by atoms with van der Waals surface area (Å²) in [5, 5.41) is 6.55. The van der Waals surface area contributed by atoms with Gasteiger partial charge in [-0.2, -0.15) is 0 Å². The number of amides is 1. The van der Waals surface area contributed by atoms with Crippen LogP contribution >= 0.6 is 11.6 Å². The van der Waals surface area contributed by atoms with Crippen LogP contribution in [0.4, 0.5) is 17.2 Å².